The van der Waals surface area contributed by atoms with Crippen molar-refractivity contribution in [3.63, 3.8) is 0 Å². The van der Waals surface area contributed by atoms with Gasteiger partial charge < -0.3 is 4.90 Å². The van der Waals surface area contributed by atoms with Crippen LogP contribution in [0, 0.1) is 6.92 Å². The Labute approximate surface area is 104 Å². The molecule has 1 fully saturated rings. The Bertz CT molecular complexity index is 401. The van der Waals surface area contributed by atoms with Crippen molar-refractivity contribution in [2.24, 2.45) is 0 Å². The molecule has 0 N–H and O–H groups in total. The van der Waals surface area contributed by atoms with E-state index in [2.05, 4.69) is 31.2 Å². The second kappa shape index (κ2) is 4.52. The van der Waals surface area contributed by atoms with E-state index in [0.29, 0.717) is 6.42 Å². The van der Waals surface area contributed by atoms with Crippen LogP contribution in [0.4, 0.5) is 0 Å². The second-order valence-corrected chi connectivity index (χ2v) is 5.46. The van der Waals surface area contributed by atoms with Gasteiger partial charge in [-0.25, -0.2) is 0 Å². The normalized spacial score (nSPS) is 17.4. The van der Waals surface area contributed by atoms with Crippen LogP contribution in [0.2, 0.25) is 0 Å². The molecule has 1 saturated carbocycles. The molecule has 2 rings (SSSR count). The highest BCUT2D eigenvalue weighted by Crippen LogP contribution is 2.46. The van der Waals surface area contributed by atoms with Crippen molar-refractivity contribution in [1.29, 1.82) is 0 Å². The van der Waals surface area contributed by atoms with Crippen LogP contribution < -0.4 is 0 Å². The van der Waals surface area contributed by atoms with Crippen LogP contribution >= 0.6 is 0 Å². The van der Waals surface area contributed by atoms with E-state index in [0.717, 1.165) is 12.8 Å². The highest BCUT2D eigenvalue weighted by atomic mass is 16.2. The van der Waals surface area contributed by atoms with Crippen molar-refractivity contribution in [2.45, 2.75) is 38.0 Å². The lowest BCUT2D eigenvalue weighted by molar-refractivity contribution is -0.130. The van der Waals surface area contributed by atoms with Gasteiger partial charge in [-0.15, -0.1) is 0 Å². The van der Waals surface area contributed by atoms with Gasteiger partial charge in [0.05, 0.1) is 0 Å². The summed E-state index contributed by atoms with van der Waals surface area (Å²) in [5.74, 6) is 0.241. The summed E-state index contributed by atoms with van der Waals surface area (Å²) in [4.78, 5) is 13.6. The number of hydrogen-bond acceptors (Lipinski definition) is 1. The van der Waals surface area contributed by atoms with Crippen molar-refractivity contribution in [1.82, 2.24) is 4.90 Å². The maximum atomic E-state index is 11.9. The molecule has 92 valence electrons. The highest BCUT2D eigenvalue weighted by molar-refractivity contribution is 5.77. The fourth-order valence-corrected chi connectivity index (χ4v) is 2.53. The zero-order valence-corrected chi connectivity index (χ0v) is 11.0. The first kappa shape index (κ1) is 12.2. The topological polar surface area (TPSA) is 20.3 Å². The highest BCUT2D eigenvalue weighted by Gasteiger charge is 2.40. The van der Waals surface area contributed by atoms with Gasteiger partial charge in [0.25, 0.3) is 0 Å². The number of carbonyl (C=O) groups is 1. The summed E-state index contributed by atoms with van der Waals surface area (Å²) < 4.78 is 0. The van der Waals surface area contributed by atoms with E-state index in [1.807, 2.05) is 14.1 Å². The zero-order chi connectivity index (χ0) is 12.5. The van der Waals surface area contributed by atoms with Crippen molar-refractivity contribution in [3.05, 3.63) is 35.4 Å². The van der Waals surface area contributed by atoms with Gasteiger partial charge in [-0.05, 0) is 25.3 Å². The Kier molecular flexibility index (Phi) is 3.23. The van der Waals surface area contributed by atoms with Crippen molar-refractivity contribution < 1.29 is 4.79 Å². The molecular formula is C15H21NO. The number of aryl methyl sites for hydroxylation is 1. The third kappa shape index (κ3) is 2.36. The fourth-order valence-electron chi connectivity index (χ4n) is 2.53. The summed E-state index contributed by atoms with van der Waals surface area (Å²) in [6, 6.07) is 8.68. The molecular weight excluding hydrogens is 210 g/mol. The number of hydrogen-bond donors (Lipinski definition) is 0. The monoisotopic (exact) mass is 231 g/mol. The summed E-state index contributed by atoms with van der Waals surface area (Å²) in [5.41, 5.74) is 2.74. The minimum Gasteiger partial charge on any atom is -0.349 e. The van der Waals surface area contributed by atoms with Gasteiger partial charge in [-0.2, -0.15) is 0 Å². The number of amides is 1. The Morgan fingerprint density at radius 2 is 1.82 bits per heavy atom. The predicted octanol–water partition coefficient (Wildman–Crippen LogP) is 2.90. The Morgan fingerprint density at radius 1 is 1.24 bits per heavy atom. The lowest BCUT2D eigenvalue weighted by atomic mass is 9.62. The maximum absolute atomic E-state index is 11.9. The van der Waals surface area contributed by atoms with Gasteiger partial charge in [-0.1, -0.05) is 36.2 Å². The molecule has 0 radical (unpaired) electrons. The van der Waals surface area contributed by atoms with E-state index in [4.69, 9.17) is 0 Å². The van der Waals surface area contributed by atoms with Crippen LogP contribution in [0.15, 0.2) is 24.3 Å². The average Bonchev–Trinajstić information content (AvgIpc) is 2.24. The molecule has 0 bridgehead atoms. The quantitative estimate of drug-likeness (QED) is 0.783. The van der Waals surface area contributed by atoms with Crippen LogP contribution in [0.1, 0.15) is 36.8 Å². The Balaban J connectivity index is 2.20. The lowest BCUT2D eigenvalue weighted by Gasteiger charge is -2.42. The van der Waals surface area contributed by atoms with Gasteiger partial charge in [-0.3, -0.25) is 4.79 Å². The predicted molar refractivity (Wildman–Crippen MR) is 70.0 cm³/mol. The van der Waals surface area contributed by atoms with Crippen LogP contribution in [-0.2, 0) is 10.2 Å². The van der Waals surface area contributed by atoms with Crippen LogP contribution in [0.25, 0.3) is 0 Å². The Morgan fingerprint density at radius 3 is 2.24 bits per heavy atom. The number of benzene rings is 1. The number of carbonyl (C=O) groups excluding carboxylic acids is 1. The van der Waals surface area contributed by atoms with Gasteiger partial charge >= 0.3 is 0 Å². The van der Waals surface area contributed by atoms with E-state index in [9.17, 15) is 4.79 Å². The third-order valence-electron chi connectivity index (χ3n) is 3.96. The largest absolute Gasteiger partial charge is 0.349 e. The number of rotatable bonds is 3. The SMILES string of the molecule is Cc1ccc(C2(CC(=O)N(C)C)CCC2)cc1. The van der Waals surface area contributed by atoms with Crippen LogP contribution in [0.3, 0.4) is 0 Å². The Hall–Kier alpha value is -1.31. The van der Waals surface area contributed by atoms with Crippen LogP contribution in [0.5, 0.6) is 0 Å². The minimum atomic E-state index is 0.120. The molecule has 1 aromatic rings. The summed E-state index contributed by atoms with van der Waals surface area (Å²) in [5, 5.41) is 0. The molecule has 1 aliphatic carbocycles. The summed E-state index contributed by atoms with van der Waals surface area (Å²) in [7, 11) is 3.67. The molecule has 0 aromatic heterocycles. The molecule has 0 heterocycles. The molecule has 2 nitrogen and oxygen atoms in total. The van der Waals surface area contributed by atoms with E-state index in [-0.39, 0.29) is 11.3 Å². The molecule has 1 amide bonds. The molecule has 1 aromatic carbocycles. The molecule has 0 unspecified atom stereocenters. The lowest BCUT2D eigenvalue weighted by Crippen LogP contribution is -2.39. The summed E-state index contributed by atoms with van der Waals surface area (Å²) >= 11 is 0. The molecule has 0 spiro atoms. The molecule has 0 atom stereocenters. The van der Waals surface area contributed by atoms with Crippen molar-refractivity contribution in [3.8, 4) is 0 Å². The summed E-state index contributed by atoms with van der Waals surface area (Å²) in [6.07, 6.45) is 4.20. The van der Waals surface area contributed by atoms with Crippen molar-refractivity contribution >= 4 is 5.91 Å². The first-order valence-electron chi connectivity index (χ1n) is 6.31. The van der Waals surface area contributed by atoms with Gasteiger partial charge in [0.2, 0.25) is 5.91 Å². The van der Waals surface area contributed by atoms with E-state index >= 15 is 0 Å². The van der Waals surface area contributed by atoms with Gasteiger partial charge in [0.15, 0.2) is 0 Å². The van der Waals surface area contributed by atoms with E-state index in [1.54, 1.807) is 4.90 Å². The molecule has 0 aliphatic heterocycles. The van der Waals surface area contributed by atoms with Crippen molar-refractivity contribution in [2.75, 3.05) is 14.1 Å². The fraction of sp³-hybridized carbons (Fsp3) is 0.533. The van der Waals surface area contributed by atoms with Crippen LogP contribution in [-0.4, -0.2) is 24.9 Å². The molecule has 17 heavy (non-hydrogen) atoms. The smallest absolute Gasteiger partial charge is 0.222 e. The minimum absolute atomic E-state index is 0.120. The molecule has 0 saturated heterocycles. The maximum Gasteiger partial charge on any atom is 0.222 e. The average molecular weight is 231 g/mol. The van der Waals surface area contributed by atoms with Gasteiger partial charge in [0.1, 0.15) is 0 Å². The molecule has 1 aliphatic rings. The van der Waals surface area contributed by atoms with E-state index < -0.39 is 0 Å². The first-order chi connectivity index (χ1) is 8.03. The second-order valence-electron chi connectivity index (χ2n) is 5.46. The zero-order valence-electron chi connectivity index (χ0n) is 11.0. The first-order valence-corrected chi connectivity index (χ1v) is 6.31. The standard InChI is InChI=1S/C15H21NO/c1-12-5-7-13(8-6-12)15(9-4-10-15)11-14(17)16(2)3/h5-8H,4,9-11H2,1-3H3. The van der Waals surface area contributed by atoms with Gasteiger partial charge in [0, 0.05) is 25.9 Å². The molecule has 2 heteroatoms. The number of nitrogens with zero attached hydrogens (tertiary/aromatic N) is 1. The summed E-state index contributed by atoms with van der Waals surface area (Å²) in [6.45, 7) is 2.10. The van der Waals surface area contributed by atoms with E-state index in [1.165, 1.54) is 17.5 Å². The third-order valence-corrected chi connectivity index (χ3v) is 3.96.